The van der Waals surface area contributed by atoms with Gasteiger partial charge in [-0.2, -0.15) is 4.98 Å². The van der Waals surface area contributed by atoms with Gasteiger partial charge in [0.15, 0.2) is 0 Å². The van der Waals surface area contributed by atoms with Crippen LogP contribution in [0, 0.1) is 0 Å². The van der Waals surface area contributed by atoms with Gasteiger partial charge in [0.2, 0.25) is 5.95 Å². The van der Waals surface area contributed by atoms with Crippen LogP contribution in [0.25, 0.3) is 0 Å². The zero-order valence-corrected chi connectivity index (χ0v) is 13.4. The van der Waals surface area contributed by atoms with Crippen molar-refractivity contribution in [2.75, 3.05) is 16.8 Å². The Morgan fingerprint density at radius 1 is 1.00 bits per heavy atom. The van der Waals surface area contributed by atoms with E-state index in [1.54, 1.807) is 6.20 Å². The molecule has 5 nitrogen and oxygen atoms in total. The number of rotatable bonds is 4. The van der Waals surface area contributed by atoms with Crippen LogP contribution in [0.3, 0.4) is 0 Å². The second-order valence-corrected chi connectivity index (χ2v) is 5.89. The van der Waals surface area contributed by atoms with Crippen molar-refractivity contribution < 1.29 is 0 Å². The van der Waals surface area contributed by atoms with Crippen molar-refractivity contribution in [3.05, 3.63) is 77.7 Å². The highest BCUT2D eigenvalue weighted by molar-refractivity contribution is 5.46. The molecule has 0 saturated carbocycles. The van der Waals surface area contributed by atoms with Gasteiger partial charge in [-0.05, 0) is 35.2 Å². The lowest BCUT2D eigenvalue weighted by Gasteiger charge is -2.29. The van der Waals surface area contributed by atoms with Gasteiger partial charge in [0.05, 0.1) is 0 Å². The third-order valence-electron chi connectivity index (χ3n) is 4.27. The summed E-state index contributed by atoms with van der Waals surface area (Å²) in [5, 5.41) is 3.27. The fourth-order valence-electron chi connectivity index (χ4n) is 2.99. The van der Waals surface area contributed by atoms with Gasteiger partial charge in [0.1, 0.15) is 5.82 Å². The van der Waals surface area contributed by atoms with Crippen LogP contribution in [-0.2, 0) is 19.5 Å². The molecule has 0 amide bonds. The molecular weight excluding hydrogens is 298 g/mol. The Balaban J connectivity index is 1.47. The molecule has 1 aromatic carbocycles. The first-order chi connectivity index (χ1) is 11.9. The third-order valence-corrected chi connectivity index (χ3v) is 4.27. The summed E-state index contributed by atoms with van der Waals surface area (Å²) < 4.78 is 0. The van der Waals surface area contributed by atoms with E-state index in [4.69, 9.17) is 0 Å². The Labute approximate surface area is 141 Å². The van der Waals surface area contributed by atoms with Gasteiger partial charge in [0.25, 0.3) is 0 Å². The van der Waals surface area contributed by atoms with E-state index in [9.17, 15) is 0 Å². The Bertz CT molecular complexity index is 819. The molecule has 0 fully saturated rings. The maximum Gasteiger partial charge on any atom is 0.224 e. The quantitative estimate of drug-likeness (QED) is 0.801. The van der Waals surface area contributed by atoms with E-state index in [1.807, 2.05) is 30.6 Å². The van der Waals surface area contributed by atoms with Gasteiger partial charge < -0.3 is 10.2 Å². The van der Waals surface area contributed by atoms with Gasteiger partial charge in [0, 0.05) is 38.2 Å². The smallest absolute Gasteiger partial charge is 0.224 e. The number of fused-ring (bicyclic) bond motifs is 1. The standard InChI is InChI=1S/C19H19N5/c1-2-6-17-14-24(11-8-16(17)5-1)18-7-10-21-19(23-18)22-13-15-4-3-9-20-12-15/h1-7,9-10,12H,8,11,13-14H2,(H,21,22,23). The molecule has 120 valence electrons. The highest BCUT2D eigenvalue weighted by Gasteiger charge is 2.17. The molecule has 2 aromatic heterocycles. The molecule has 0 atom stereocenters. The monoisotopic (exact) mass is 317 g/mol. The van der Waals surface area contributed by atoms with E-state index in [0.717, 1.165) is 30.9 Å². The Hall–Kier alpha value is -2.95. The number of anilines is 2. The van der Waals surface area contributed by atoms with Gasteiger partial charge in [-0.1, -0.05) is 30.3 Å². The molecular formula is C19H19N5. The van der Waals surface area contributed by atoms with E-state index in [1.165, 1.54) is 11.1 Å². The zero-order valence-electron chi connectivity index (χ0n) is 13.4. The number of nitrogens with one attached hydrogen (secondary N) is 1. The number of hydrogen-bond donors (Lipinski definition) is 1. The molecule has 1 aliphatic rings. The maximum absolute atomic E-state index is 4.67. The van der Waals surface area contributed by atoms with Crippen molar-refractivity contribution in [1.82, 2.24) is 15.0 Å². The second kappa shape index (κ2) is 6.66. The minimum Gasteiger partial charge on any atom is -0.352 e. The average Bonchev–Trinajstić information content (AvgIpc) is 2.67. The number of hydrogen-bond acceptors (Lipinski definition) is 5. The topological polar surface area (TPSA) is 53.9 Å². The van der Waals surface area contributed by atoms with Gasteiger partial charge in [-0.25, -0.2) is 4.98 Å². The lowest BCUT2D eigenvalue weighted by atomic mass is 10.00. The molecule has 1 aliphatic heterocycles. The van der Waals surface area contributed by atoms with Crippen molar-refractivity contribution in [2.24, 2.45) is 0 Å². The molecule has 4 rings (SSSR count). The summed E-state index contributed by atoms with van der Waals surface area (Å²) in [6, 6.07) is 14.6. The number of aromatic nitrogens is 3. The van der Waals surface area contributed by atoms with Crippen molar-refractivity contribution in [2.45, 2.75) is 19.5 Å². The van der Waals surface area contributed by atoms with Crippen LogP contribution in [0.15, 0.2) is 61.1 Å². The second-order valence-electron chi connectivity index (χ2n) is 5.89. The molecule has 0 unspecified atom stereocenters. The third kappa shape index (κ3) is 3.20. The molecule has 24 heavy (non-hydrogen) atoms. The van der Waals surface area contributed by atoms with E-state index >= 15 is 0 Å². The lowest BCUT2D eigenvalue weighted by Crippen LogP contribution is -2.31. The van der Waals surface area contributed by atoms with E-state index in [0.29, 0.717) is 12.5 Å². The first-order valence-electron chi connectivity index (χ1n) is 8.16. The maximum atomic E-state index is 4.67. The van der Waals surface area contributed by atoms with E-state index in [2.05, 4.69) is 49.4 Å². The Kier molecular flexibility index (Phi) is 4.06. The summed E-state index contributed by atoms with van der Waals surface area (Å²) in [5.41, 5.74) is 3.93. The van der Waals surface area contributed by atoms with Crippen molar-refractivity contribution in [3.63, 3.8) is 0 Å². The Morgan fingerprint density at radius 3 is 2.79 bits per heavy atom. The summed E-state index contributed by atoms with van der Waals surface area (Å²) in [6.07, 6.45) is 6.49. The predicted molar refractivity (Wildman–Crippen MR) is 94.8 cm³/mol. The largest absolute Gasteiger partial charge is 0.352 e. The van der Waals surface area contributed by atoms with Crippen LogP contribution in [-0.4, -0.2) is 21.5 Å². The van der Waals surface area contributed by atoms with Crippen LogP contribution in [0.1, 0.15) is 16.7 Å². The highest BCUT2D eigenvalue weighted by atomic mass is 15.2. The number of benzene rings is 1. The van der Waals surface area contributed by atoms with E-state index < -0.39 is 0 Å². The lowest BCUT2D eigenvalue weighted by molar-refractivity contribution is 0.719. The summed E-state index contributed by atoms with van der Waals surface area (Å²) >= 11 is 0. The molecule has 0 radical (unpaired) electrons. The molecule has 3 heterocycles. The fourth-order valence-corrected chi connectivity index (χ4v) is 2.99. The number of nitrogens with zero attached hydrogens (tertiary/aromatic N) is 4. The summed E-state index contributed by atoms with van der Waals surface area (Å²) in [7, 11) is 0. The average molecular weight is 317 g/mol. The van der Waals surface area contributed by atoms with Crippen LogP contribution in [0.5, 0.6) is 0 Å². The molecule has 1 N–H and O–H groups in total. The van der Waals surface area contributed by atoms with Gasteiger partial charge >= 0.3 is 0 Å². The van der Waals surface area contributed by atoms with Gasteiger partial charge in [-0.15, -0.1) is 0 Å². The van der Waals surface area contributed by atoms with Crippen LogP contribution in [0.4, 0.5) is 11.8 Å². The summed E-state index contributed by atoms with van der Waals surface area (Å²) in [6.45, 7) is 2.55. The molecule has 0 spiro atoms. The molecule has 5 heteroatoms. The predicted octanol–water partition coefficient (Wildman–Crippen LogP) is 3.05. The highest BCUT2D eigenvalue weighted by Crippen LogP contribution is 2.23. The number of pyridine rings is 1. The SMILES string of the molecule is c1cncc(CNc2nccc(N3CCc4ccccc4C3)n2)c1. The normalized spacial score (nSPS) is 13.4. The van der Waals surface area contributed by atoms with Crippen LogP contribution in [0.2, 0.25) is 0 Å². The Morgan fingerprint density at radius 2 is 1.92 bits per heavy atom. The van der Waals surface area contributed by atoms with Crippen LogP contribution >= 0.6 is 0 Å². The van der Waals surface area contributed by atoms with Crippen molar-refractivity contribution >= 4 is 11.8 Å². The summed E-state index contributed by atoms with van der Waals surface area (Å²) in [5.74, 6) is 1.61. The first-order valence-corrected chi connectivity index (χ1v) is 8.16. The minimum atomic E-state index is 0.648. The molecule has 0 aliphatic carbocycles. The zero-order chi connectivity index (χ0) is 16.2. The minimum absolute atomic E-state index is 0.648. The van der Waals surface area contributed by atoms with E-state index in [-0.39, 0.29) is 0 Å². The molecule has 0 bridgehead atoms. The van der Waals surface area contributed by atoms with Crippen molar-refractivity contribution in [1.29, 1.82) is 0 Å². The summed E-state index contributed by atoms with van der Waals surface area (Å²) in [4.78, 5) is 15.4. The van der Waals surface area contributed by atoms with Crippen LogP contribution < -0.4 is 10.2 Å². The van der Waals surface area contributed by atoms with Gasteiger partial charge in [-0.3, -0.25) is 4.98 Å². The first kappa shape index (κ1) is 14.6. The fraction of sp³-hybridized carbons (Fsp3) is 0.211. The van der Waals surface area contributed by atoms with Crippen molar-refractivity contribution in [3.8, 4) is 0 Å². The molecule has 0 saturated heterocycles. The molecule has 3 aromatic rings.